The molecule has 0 aromatic heterocycles. The molecule has 26 heavy (non-hydrogen) atoms. The number of carbonyl (C=O) groups excluding carboxylic acids is 2. The molecule has 2 amide bonds. The van der Waals surface area contributed by atoms with Gasteiger partial charge in [-0.3, -0.25) is 9.59 Å². The van der Waals surface area contributed by atoms with Crippen LogP contribution in [-0.4, -0.2) is 42.6 Å². The lowest BCUT2D eigenvalue weighted by Crippen LogP contribution is -2.44. The van der Waals surface area contributed by atoms with Crippen LogP contribution in [-0.2, 0) is 9.59 Å². The molecule has 1 heterocycles. The van der Waals surface area contributed by atoms with Crippen molar-refractivity contribution < 1.29 is 27.5 Å². The van der Waals surface area contributed by atoms with E-state index in [1.807, 2.05) is 0 Å². The molecular weight excluding hydrogens is 349 g/mol. The Morgan fingerprint density at radius 3 is 2.42 bits per heavy atom. The van der Waals surface area contributed by atoms with E-state index in [2.05, 4.69) is 10.1 Å². The van der Waals surface area contributed by atoms with Crippen molar-refractivity contribution in [2.45, 2.75) is 31.9 Å². The molecule has 8 heteroatoms. The monoisotopic (exact) mass is 370 g/mol. The lowest BCUT2D eigenvalue weighted by atomic mass is 9.96. The van der Waals surface area contributed by atoms with E-state index in [1.54, 1.807) is 4.90 Å². The Morgan fingerprint density at radius 1 is 1.12 bits per heavy atom. The predicted octanol–water partition coefficient (Wildman–Crippen LogP) is 3.21. The van der Waals surface area contributed by atoms with Crippen molar-refractivity contribution in [3.05, 3.63) is 24.3 Å². The van der Waals surface area contributed by atoms with Crippen LogP contribution in [0.15, 0.2) is 24.3 Å². The van der Waals surface area contributed by atoms with Crippen LogP contribution in [0.5, 0.6) is 5.75 Å². The van der Waals surface area contributed by atoms with Gasteiger partial charge < -0.3 is 15.0 Å². The first-order chi connectivity index (χ1) is 12.3. The molecule has 1 aliphatic carbocycles. The van der Waals surface area contributed by atoms with Crippen LogP contribution in [0.4, 0.5) is 18.9 Å². The molecule has 0 spiro atoms. The zero-order chi connectivity index (χ0) is 18.7. The normalized spacial score (nSPS) is 20.6. The molecule has 1 aliphatic heterocycles. The molecule has 2 fully saturated rings. The number of carbonyl (C=O) groups is 2. The van der Waals surface area contributed by atoms with Crippen LogP contribution in [0.25, 0.3) is 0 Å². The number of alkyl halides is 3. The van der Waals surface area contributed by atoms with Gasteiger partial charge in [-0.1, -0.05) is 0 Å². The fourth-order valence-electron chi connectivity index (χ4n) is 3.02. The average Bonchev–Trinajstić information content (AvgIpc) is 3.45. The number of ether oxygens (including phenoxy) is 1. The van der Waals surface area contributed by atoms with Crippen molar-refractivity contribution in [3.8, 4) is 5.75 Å². The number of hydrogen-bond acceptors (Lipinski definition) is 3. The molecule has 1 aromatic carbocycles. The maximum Gasteiger partial charge on any atom is 0.422 e. The van der Waals surface area contributed by atoms with Crippen LogP contribution < -0.4 is 10.1 Å². The van der Waals surface area contributed by atoms with Gasteiger partial charge in [-0.2, -0.15) is 13.2 Å². The summed E-state index contributed by atoms with van der Waals surface area (Å²) in [7, 11) is 0. The highest BCUT2D eigenvalue weighted by atomic mass is 19.4. The molecule has 1 saturated carbocycles. The average molecular weight is 370 g/mol. The number of halogens is 3. The molecule has 5 nitrogen and oxygen atoms in total. The molecule has 1 atom stereocenters. The first-order valence-electron chi connectivity index (χ1n) is 8.71. The van der Waals surface area contributed by atoms with Gasteiger partial charge in [0.25, 0.3) is 0 Å². The van der Waals surface area contributed by atoms with Gasteiger partial charge in [0.15, 0.2) is 6.61 Å². The highest BCUT2D eigenvalue weighted by Gasteiger charge is 2.36. The van der Waals surface area contributed by atoms with Crippen molar-refractivity contribution in [1.29, 1.82) is 0 Å². The Kier molecular flexibility index (Phi) is 5.38. The number of likely N-dealkylation sites (tertiary alicyclic amines) is 1. The predicted molar refractivity (Wildman–Crippen MR) is 88.6 cm³/mol. The standard InChI is InChI=1S/C18H21F3N2O3/c19-18(20,21)11-26-15-7-5-14(6-8-15)22-16(24)13-2-1-9-23(10-13)17(25)12-3-4-12/h5-8,12-13H,1-4,9-11H2,(H,22,24). The van der Waals surface area contributed by atoms with Gasteiger partial charge in [0.05, 0.1) is 5.92 Å². The summed E-state index contributed by atoms with van der Waals surface area (Å²) in [6.07, 6.45) is -1.00. The molecule has 1 unspecified atom stereocenters. The Morgan fingerprint density at radius 2 is 1.81 bits per heavy atom. The van der Waals surface area contributed by atoms with Crippen molar-refractivity contribution in [1.82, 2.24) is 4.90 Å². The van der Waals surface area contributed by atoms with Crippen molar-refractivity contribution in [2.75, 3.05) is 25.0 Å². The summed E-state index contributed by atoms with van der Waals surface area (Å²) in [5.41, 5.74) is 0.486. The van der Waals surface area contributed by atoms with E-state index in [4.69, 9.17) is 0 Å². The van der Waals surface area contributed by atoms with Crippen LogP contribution in [0.3, 0.4) is 0 Å². The summed E-state index contributed by atoms with van der Waals surface area (Å²) in [5.74, 6) is -0.0798. The zero-order valence-electron chi connectivity index (χ0n) is 14.2. The third kappa shape index (κ3) is 5.12. The minimum Gasteiger partial charge on any atom is -0.484 e. The summed E-state index contributed by atoms with van der Waals surface area (Å²) >= 11 is 0. The fraction of sp³-hybridized carbons (Fsp3) is 0.556. The number of piperidine rings is 1. The molecule has 1 N–H and O–H groups in total. The number of benzene rings is 1. The number of rotatable bonds is 5. The van der Waals surface area contributed by atoms with E-state index in [0.29, 0.717) is 25.2 Å². The summed E-state index contributed by atoms with van der Waals surface area (Å²) < 4.78 is 41.0. The first kappa shape index (κ1) is 18.5. The maximum absolute atomic E-state index is 12.4. The van der Waals surface area contributed by atoms with E-state index < -0.39 is 12.8 Å². The molecule has 142 valence electrons. The van der Waals surface area contributed by atoms with Gasteiger partial charge in [-0.15, -0.1) is 0 Å². The van der Waals surface area contributed by atoms with Crippen LogP contribution in [0.2, 0.25) is 0 Å². The number of amides is 2. The second-order valence-electron chi connectivity index (χ2n) is 6.82. The van der Waals surface area contributed by atoms with E-state index in [0.717, 1.165) is 19.3 Å². The van der Waals surface area contributed by atoms with Crippen molar-refractivity contribution >= 4 is 17.5 Å². The van der Waals surface area contributed by atoms with Crippen molar-refractivity contribution in [2.24, 2.45) is 11.8 Å². The largest absolute Gasteiger partial charge is 0.484 e. The lowest BCUT2D eigenvalue weighted by Gasteiger charge is -2.32. The van der Waals surface area contributed by atoms with Crippen LogP contribution in [0, 0.1) is 11.8 Å². The summed E-state index contributed by atoms with van der Waals surface area (Å²) in [5, 5.41) is 2.76. The molecular formula is C18H21F3N2O3. The van der Waals surface area contributed by atoms with Crippen molar-refractivity contribution in [3.63, 3.8) is 0 Å². The Balaban J connectivity index is 1.51. The van der Waals surface area contributed by atoms with E-state index in [-0.39, 0.29) is 29.4 Å². The van der Waals surface area contributed by atoms with Crippen LogP contribution >= 0.6 is 0 Å². The second-order valence-corrected chi connectivity index (χ2v) is 6.82. The molecule has 2 aliphatic rings. The minimum atomic E-state index is -4.39. The smallest absolute Gasteiger partial charge is 0.422 e. The molecule has 1 saturated heterocycles. The van der Waals surface area contributed by atoms with Gasteiger partial charge in [-0.05, 0) is 49.9 Å². The third-order valence-corrected chi connectivity index (χ3v) is 4.55. The van der Waals surface area contributed by atoms with Crippen LogP contribution in [0.1, 0.15) is 25.7 Å². The number of anilines is 1. The van der Waals surface area contributed by atoms with Gasteiger partial charge in [0, 0.05) is 24.7 Å². The van der Waals surface area contributed by atoms with E-state index >= 15 is 0 Å². The van der Waals surface area contributed by atoms with E-state index in [9.17, 15) is 22.8 Å². The summed E-state index contributed by atoms with van der Waals surface area (Å²) in [4.78, 5) is 26.4. The topological polar surface area (TPSA) is 58.6 Å². The number of nitrogens with zero attached hydrogens (tertiary/aromatic N) is 1. The zero-order valence-corrected chi connectivity index (χ0v) is 14.2. The quantitative estimate of drug-likeness (QED) is 0.866. The third-order valence-electron chi connectivity index (χ3n) is 4.55. The first-order valence-corrected chi connectivity index (χ1v) is 8.71. The second kappa shape index (κ2) is 7.55. The minimum absolute atomic E-state index is 0.0826. The van der Waals surface area contributed by atoms with Gasteiger partial charge >= 0.3 is 6.18 Å². The number of hydrogen-bond donors (Lipinski definition) is 1. The number of nitrogens with one attached hydrogen (secondary N) is 1. The fourth-order valence-corrected chi connectivity index (χ4v) is 3.02. The van der Waals surface area contributed by atoms with E-state index in [1.165, 1.54) is 24.3 Å². The van der Waals surface area contributed by atoms with Gasteiger partial charge in [0.2, 0.25) is 11.8 Å². The Hall–Kier alpha value is -2.25. The molecule has 1 aromatic rings. The summed E-state index contributed by atoms with van der Waals surface area (Å²) in [6, 6.07) is 5.76. The SMILES string of the molecule is O=C(Nc1ccc(OCC(F)(F)F)cc1)C1CCCN(C(=O)C2CC2)C1. The van der Waals surface area contributed by atoms with Gasteiger partial charge in [-0.25, -0.2) is 0 Å². The molecule has 0 bridgehead atoms. The lowest BCUT2D eigenvalue weighted by molar-refractivity contribution is -0.153. The summed E-state index contributed by atoms with van der Waals surface area (Å²) in [6.45, 7) is -0.232. The highest BCUT2D eigenvalue weighted by molar-refractivity contribution is 5.93. The molecule has 0 radical (unpaired) electrons. The Bertz CT molecular complexity index is 657. The Labute approximate surface area is 149 Å². The molecule has 3 rings (SSSR count). The van der Waals surface area contributed by atoms with Gasteiger partial charge in [0.1, 0.15) is 5.75 Å². The highest BCUT2D eigenvalue weighted by Crippen LogP contribution is 2.32. The maximum atomic E-state index is 12.4.